The summed E-state index contributed by atoms with van der Waals surface area (Å²) < 4.78 is 11.0. The van der Waals surface area contributed by atoms with Crippen LogP contribution in [0.4, 0.5) is 0 Å². The number of rotatable bonds is 5. The molecule has 2 saturated heterocycles. The normalized spacial score (nSPS) is 23.8. The molecule has 2 fully saturated rings. The second kappa shape index (κ2) is 7.98. The lowest BCUT2D eigenvalue weighted by Crippen LogP contribution is -2.52. The van der Waals surface area contributed by atoms with E-state index >= 15 is 0 Å². The Labute approximate surface area is 163 Å². The second-order valence-corrected chi connectivity index (χ2v) is 7.48. The fourth-order valence-electron chi connectivity index (χ4n) is 4.16. The monoisotopic (exact) mass is 387 g/mol. The highest BCUT2D eigenvalue weighted by Crippen LogP contribution is 2.24. The van der Waals surface area contributed by atoms with Gasteiger partial charge >= 0.3 is 0 Å². The third-order valence-electron chi connectivity index (χ3n) is 5.85. The number of carbonyl (C=O) groups excluding carboxylic acids is 3. The van der Waals surface area contributed by atoms with E-state index in [0.717, 1.165) is 31.0 Å². The Morgan fingerprint density at radius 3 is 2.61 bits per heavy atom. The van der Waals surface area contributed by atoms with Crippen LogP contribution in [0.2, 0.25) is 0 Å². The van der Waals surface area contributed by atoms with Crippen molar-refractivity contribution in [3.8, 4) is 0 Å². The quantitative estimate of drug-likeness (QED) is 0.735. The summed E-state index contributed by atoms with van der Waals surface area (Å²) in [6.45, 7) is 5.07. The number of morpholine rings is 1. The van der Waals surface area contributed by atoms with E-state index in [2.05, 4.69) is 10.2 Å². The van der Waals surface area contributed by atoms with Gasteiger partial charge in [0.1, 0.15) is 0 Å². The first-order valence-corrected chi connectivity index (χ1v) is 9.70. The number of ether oxygens (including phenoxy) is 2. The van der Waals surface area contributed by atoms with Crippen LogP contribution in [-0.4, -0.2) is 86.7 Å². The minimum Gasteiger partial charge on any atom is -0.381 e. The molecule has 2 atom stereocenters. The van der Waals surface area contributed by atoms with E-state index in [1.54, 1.807) is 12.1 Å². The Hall–Kier alpha value is -2.29. The molecule has 3 aliphatic heterocycles. The van der Waals surface area contributed by atoms with Crippen molar-refractivity contribution in [3.63, 3.8) is 0 Å². The van der Waals surface area contributed by atoms with E-state index in [1.165, 1.54) is 13.1 Å². The molecule has 8 heteroatoms. The summed E-state index contributed by atoms with van der Waals surface area (Å²) >= 11 is 0. The molecular weight excluding hydrogens is 362 g/mol. The maximum atomic E-state index is 12.7. The van der Waals surface area contributed by atoms with Crippen molar-refractivity contribution >= 4 is 17.7 Å². The third-order valence-corrected chi connectivity index (χ3v) is 5.85. The standard InChI is InChI=1S/C20H25N3O5/c1-22-19(25)15-3-2-13(10-16(15)20(22)26)18(24)21-11-17(14-4-7-28-12-14)23-5-8-27-9-6-23/h2-3,10,14,17H,4-9,11-12H2,1H3,(H,21,24). The molecule has 3 aliphatic rings. The van der Waals surface area contributed by atoms with Gasteiger partial charge in [0, 0.05) is 50.8 Å². The van der Waals surface area contributed by atoms with Gasteiger partial charge in [-0.2, -0.15) is 0 Å². The van der Waals surface area contributed by atoms with Gasteiger partial charge in [-0.25, -0.2) is 0 Å². The van der Waals surface area contributed by atoms with Crippen LogP contribution < -0.4 is 5.32 Å². The minimum absolute atomic E-state index is 0.194. The summed E-state index contributed by atoms with van der Waals surface area (Å²) in [6, 6.07) is 4.86. The van der Waals surface area contributed by atoms with Crippen LogP contribution in [0.3, 0.4) is 0 Å². The van der Waals surface area contributed by atoms with Gasteiger partial charge in [0.25, 0.3) is 17.7 Å². The van der Waals surface area contributed by atoms with Gasteiger partial charge in [-0.05, 0) is 24.6 Å². The van der Waals surface area contributed by atoms with Crippen LogP contribution in [0.15, 0.2) is 18.2 Å². The Morgan fingerprint density at radius 2 is 1.89 bits per heavy atom. The second-order valence-electron chi connectivity index (χ2n) is 7.48. The van der Waals surface area contributed by atoms with Crippen molar-refractivity contribution in [1.29, 1.82) is 0 Å². The number of benzene rings is 1. The summed E-state index contributed by atoms with van der Waals surface area (Å²) in [5.74, 6) is -0.564. The molecular formula is C20H25N3O5. The Kier molecular flexibility index (Phi) is 5.43. The van der Waals surface area contributed by atoms with E-state index in [9.17, 15) is 14.4 Å². The van der Waals surface area contributed by atoms with Crippen LogP contribution >= 0.6 is 0 Å². The van der Waals surface area contributed by atoms with Crippen molar-refractivity contribution in [3.05, 3.63) is 34.9 Å². The first-order chi connectivity index (χ1) is 13.6. The number of hydrogen-bond acceptors (Lipinski definition) is 6. The van der Waals surface area contributed by atoms with Crippen LogP contribution in [0.5, 0.6) is 0 Å². The molecule has 8 nitrogen and oxygen atoms in total. The largest absolute Gasteiger partial charge is 0.381 e. The predicted molar refractivity (Wildman–Crippen MR) is 100 cm³/mol. The maximum absolute atomic E-state index is 12.7. The van der Waals surface area contributed by atoms with Crippen molar-refractivity contribution < 1.29 is 23.9 Å². The van der Waals surface area contributed by atoms with Crippen molar-refractivity contribution in [2.24, 2.45) is 5.92 Å². The van der Waals surface area contributed by atoms with E-state index in [0.29, 0.717) is 43.4 Å². The number of carbonyl (C=O) groups is 3. The molecule has 3 heterocycles. The van der Waals surface area contributed by atoms with Gasteiger partial charge in [-0.3, -0.25) is 24.2 Å². The number of imide groups is 1. The molecule has 0 aliphatic carbocycles. The van der Waals surface area contributed by atoms with Gasteiger partial charge in [0.2, 0.25) is 0 Å². The van der Waals surface area contributed by atoms with Crippen molar-refractivity contribution in [2.45, 2.75) is 12.5 Å². The number of fused-ring (bicyclic) bond motifs is 1. The number of amides is 3. The van der Waals surface area contributed by atoms with Crippen molar-refractivity contribution in [2.75, 3.05) is 53.1 Å². The zero-order chi connectivity index (χ0) is 19.7. The predicted octanol–water partition coefficient (Wildman–Crippen LogP) is 0.380. The highest BCUT2D eigenvalue weighted by Gasteiger charge is 2.34. The fraction of sp³-hybridized carbons (Fsp3) is 0.550. The molecule has 3 amide bonds. The summed E-state index contributed by atoms with van der Waals surface area (Å²) in [6.07, 6.45) is 0.986. The molecule has 0 radical (unpaired) electrons. The average molecular weight is 387 g/mol. The lowest BCUT2D eigenvalue weighted by atomic mass is 9.96. The summed E-state index contributed by atoms with van der Waals surface area (Å²) in [5, 5.41) is 3.01. The lowest BCUT2D eigenvalue weighted by Gasteiger charge is -2.37. The van der Waals surface area contributed by atoms with Crippen LogP contribution in [0.25, 0.3) is 0 Å². The van der Waals surface area contributed by atoms with E-state index in [4.69, 9.17) is 9.47 Å². The maximum Gasteiger partial charge on any atom is 0.261 e. The fourth-order valence-corrected chi connectivity index (χ4v) is 4.16. The molecule has 4 rings (SSSR count). The highest BCUT2D eigenvalue weighted by molar-refractivity contribution is 6.21. The number of nitrogens with zero attached hydrogens (tertiary/aromatic N) is 2. The summed E-state index contributed by atoms with van der Waals surface area (Å²) in [4.78, 5) is 40.3. The van der Waals surface area contributed by atoms with E-state index in [-0.39, 0.29) is 29.3 Å². The number of nitrogens with one attached hydrogen (secondary N) is 1. The van der Waals surface area contributed by atoms with Gasteiger partial charge in [-0.15, -0.1) is 0 Å². The molecule has 2 unspecified atom stereocenters. The van der Waals surface area contributed by atoms with Gasteiger partial charge in [-0.1, -0.05) is 0 Å². The topological polar surface area (TPSA) is 88.2 Å². The first kappa shape index (κ1) is 19.0. The molecule has 150 valence electrons. The SMILES string of the molecule is CN1C(=O)c2ccc(C(=O)NCC(C3CCOC3)N3CCOCC3)cc2C1=O. The molecule has 0 aromatic heterocycles. The van der Waals surface area contributed by atoms with Crippen LogP contribution in [-0.2, 0) is 9.47 Å². The lowest BCUT2D eigenvalue weighted by molar-refractivity contribution is 0.00166. The third kappa shape index (κ3) is 3.55. The Bertz CT molecular complexity index is 784. The minimum atomic E-state index is -0.371. The molecule has 28 heavy (non-hydrogen) atoms. The van der Waals surface area contributed by atoms with Gasteiger partial charge in [0.05, 0.1) is 30.9 Å². The van der Waals surface area contributed by atoms with Crippen LogP contribution in [0.1, 0.15) is 37.5 Å². The molecule has 1 aromatic carbocycles. The molecule has 1 N–H and O–H groups in total. The zero-order valence-electron chi connectivity index (χ0n) is 16.0. The molecule has 1 aromatic rings. The van der Waals surface area contributed by atoms with E-state index in [1.807, 2.05) is 0 Å². The molecule has 0 spiro atoms. The van der Waals surface area contributed by atoms with Gasteiger partial charge in [0.15, 0.2) is 0 Å². The molecule has 0 saturated carbocycles. The summed E-state index contributed by atoms with van der Waals surface area (Å²) in [5.41, 5.74) is 1.02. The average Bonchev–Trinajstić information content (AvgIpc) is 3.33. The smallest absolute Gasteiger partial charge is 0.261 e. The Balaban J connectivity index is 1.45. The van der Waals surface area contributed by atoms with Crippen molar-refractivity contribution in [1.82, 2.24) is 15.1 Å². The Morgan fingerprint density at radius 1 is 1.14 bits per heavy atom. The first-order valence-electron chi connectivity index (χ1n) is 9.70. The van der Waals surface area contributed by atoms with Gasteiger partial charge < -0.3 is 14.8 Å². The highest BCUT2D eigenvalue weighted by atomic mass is 16.5. The summed E-state index contributed by atoms with van der Waals surface area (Å²) in [7, 11) is 1.45. The van der Waals surface area contributed by atoms with Crippen LogP contribution in [0, 0.1) is 5.92 Å². The molecule has 0 bridgehead atoms. The van der Waals surface area contributed by atoms with E-state index < -0.39 is 0 Å². The zero-order valence-corrected chi connectivity index (χ0v) is 16.0. The number of hydrogen-bond donors (Lipinski definition) is 1.